The van der Waals surface area contributed by atoms with Gasteiger partial charge in [0.15, 0.2) is 0 Å². The Morgan fingerprint density at radius 2 is 1.12 bits per heavy atom. The quantitative estimate of drug-likeness (QED) is 0.759. The van der Waals surface area contributed by atoms with Crippen LogP contribution in [-0.4, -0.2) is 12.7 Å². The molecule has 0 fully saturated rings. The molecule has 0 N–H and O–H groups in total. The number of alkyl halides is 6. The molecule has 0 unspecified atom stereocenters. The average Bonchev–Trinajstić information content (AvgIpc) is 1.93. The lowest BCUT2D eigenvalue weighted by molar-refractivity contribution is -0.276. The first-order valence-electron chi connectivity index (χ1n) is 3.89. The number of rotatable bonds is 2. The van der Waals surface area contributed by atoms with Crippen molar-refractivity contribution >= 4 is 12.6 Å². The van der Waals surface area contributed by atoms with Crippen LogP contribution in [0.5, 0.6) is 11.5 Å². The van der Waals surface area contributed by atoms with Crippen molar-refractivity contribution in [2.45, 2.75) is 17.6 Å². The second-order valence-electron chi connectivity index (χ2n) is 2.74. The summed E-state index contributed by atoms with van der Waals surface area (Å²) >= 11 is 4.47. The molecule has 0 bridgehead atoms. The molecule has 0 aliphatic rings. The summed E-state index contributed by atoms with van der Waals surface area (Å²) in [7, 11) is 0. The molecular weight excluding hydrogens is 274 g/mol. The monoisotopic (exact) mass is 277 g/mol. The second kappa shape index (κ2) is 4.47. The molecule has 0 heterocycles. The van der Waals surface area contributed by atoms with E-state index in [2.05, 4.69) is 22.1 Å². The van der Waals surface area contributed by atoms with Gasteiger partial charge >= 0.3 is 12.7 Å². The SMILES string of the molecule is FC(F)(F)Oc1cc([S])cc(OC(F)(F)F)c1. The molecule has 0 saturated heterocycles. The molecule has 0 saturated carbocycles. The van der Waals surface area contributed by atoms with Gasteiger partial charge in [-0.1, -0.05) is 12.6 Å². The number of ether oxygens (including phenoxy) is 2. The maximum atomic E-state index is 11.8. The zero-order chi connectivity index (χ0) is 13.3. The minimum atomic E-state index is -5.02. The van der Waals surface area contributed by atoms with Gasteiger partial charge in [0.05, 0.1) is 0 Å². The van der Waals surface area contributed by atoms with Crippen LogP contribution in [-0.2, 0) is 0 Å². The van der Waals surface area contributed by atoms with E-state index in [0.717, 1.165) is 12.1 Å². The predicted octanol–water partition coefficient (Wildman–Crippen LogP) is 4.04. The summed E-state index contributed by atoms with van der Waals surface area (Å²) in [5.41, 5.74) is 0. The summed E-state index contributed by atoms with van der Waals surface area (Å²) in [4.78, 5) is -0.272. The molecule has 0 aromatic heterocycles. The lowest BCUT2D eigenvalue weighted by Crippen LogP contribution is -2.19. The van der Waals surface area contributed by atoms with Gasteiger partial charge in [0.2, 0.25) is 0 Å². The number of hydrogen-bond acceptors (Lipinski definition) is 2. The molecule has 0 atom stereocenters. The molecule has 1 aromatic rings. The topological polar surface area (TPSA) is 18.5 Å². The van der Waals surface area contributed by atoms with Crippen LogP contribution in [0.3, 0.4) is 0 Å². The van der Waals surface area contributed by atoms with Gasteiger partial charge in [-0.15, -0.1) is 26.3 Å². The van der Waals surface area contributed by atoms with Gasteiger partial charge in [0, 0.05) is 11.0 Å². The third kappa shape index (κ3) is 5.48. The molecule has 9 heteroatoms. The van der Waals surface area contributed by atoms with Crippen molar-refractivity contribution in [2.75, 3.05) is 0 Å². The van der Waals surface area contributed by atoms with Crippen LogP contribution in [0.4, 0.5) is 26.3 Å². The highest BCUT2D eigenvalue weighted by atomic mass is 32.1. The Labute approximate surface area is 96.5 Å². The number of benzene rings is 1. The minimum absolute atomic E-state index is 0.272. The van der Waals surface area contributed by atoms with Crippen molar-refractivity contribution in [2.24, 2.45) is 0 Å². The summed E-state index contributed by atoms with van der Waals surface area (Å²) in [5, 5.41) is 0. The molecule has 95 valence electrons. The van der Waals surface area contributed by atoms with Crippen molar-refractivity contribution in [3.8, 4) is 11.5 Å². The summed E-state index contributed by atoms with van der Waals surface area (Å²) in [6, 6.07) is 1.95. The van der Waals surface area contributed by atoms with Gasteiger partial charge in [-0.25, -0.2) is 0 Å². The molecule has 2 nitrogen and oxygen atoms in total. The highest BCUT2D eigenvalue weighted by Gasteiger charge is 2.33. The largest absolute Gasteiger partial charge is 0.573 e. The predicted molar refractivity (Wildman–Crippen MR) is 45.7 cm³/mol. The van der Waals surface area contributed by atoms with Crippen molar-refractivity contribution < 1.29 is 35.8 Å². The third-order valence-electron chi connectivity index (χ3n) is 1.32. The van der Waals surface area contributed by atoms with Gasteiger partial charge in [0.1, 0.15) is 11.5 Å². The molecule has 1 radical (unpaired) electrons. The maximum Gasteiger partial charge on any atom is 0.573 e. The Kier molecular flexibility index (Phi) is 3.60. The molecule has 1 aromatic carbocycles. The first-order valence-corrected chi connectivity index (χ1v) is 4.29. The molecule has 0 aliphatic carbocycles. The first-order chi connectivity index (χ1) is 7.55. The van der Waals surface area contributed by atoms with E-state index in [-0.39, 0.29) is 4.90 Å². The van der Waals surface area contributed by atoms with Crippen LogP contribution in [0.25, 0.3) is 0 Å². The van der Waals surface area contributed by atoms with E-state index >= 15 is 0 Å². The Bertz CT molecular complexity index is 366. The standard InChI is InChI=1S/C8H3F6O2S/c9-7(10,11)15-4-1-5(3-6(17)2-4)16-8(12,13)14/h1-3H. The normalized spacial score (nSPS) is 12.4. The average molecular weight is 277 g/mol. The van der Waals surface area contributed by atoms with Gasteiger partial charge in [-0.05, 0) is 12.1 Å². The zero-order valence-corrected chi connectivity index (χ0v) is 8.54. The van der Waals surface area contributed by atoms with E-state index in [1.165, 1.54) is 0 Å². The first kappa shape index (κ1) is 13.7. The van der Waals surface area contributed by atoms with E-state index in [1.54, 1.807) is 0 Å². The van der Waals surface area contributed by atoms with E-state index in [0.29, 0.717) is 6.07 Å². The molecule has 17 heavy (non-hydrogen) atoms. The van der Waals surface area contributed by atoms with E-state index in [1.807, 2.05) is 0 Å². The van der Waals surface area contributed by atoms with Gasteiger partial charge in [-0.3, -0.25) is 0 Å². The Hall–Kier alpha value is -1.38. The van der Waals surface area contributed by atoms with Gasteiger partial charge in [0.25, 0.3) is 0 Å². The summed E-state index contributed by atoms with van der Waals surface area (Å²) < 4.78 is 77.8. The molecular formula is C8H3F6O2S. The Morgan fingerprint density at radius 1 is 0.765 bits per heavy atom. The fraction of sp³-hybridized carbons (Fsp3) is 0.250. The maximum absolute atomic E-state index is 11.8. The second-order valence-corrected chi connectivity index (χ2v) is 3.21. The van der Waals surface area contributed by atoms with Crippen LogP contribution in [0.1, 0.15) is 0 Å². The Balaban J connectivity index is 2.95. The lowest BCUT2D eigenvalue weighted by atomic mass is 10.3. The van der Waals surface area contributed by atoms with Crippen LogP contribution in [0, 0.1) is 0 Å². The van der Waals surface area contributed by atoms with Crippen molar-refractivity contribution in [3.63, 3.8) is 0 Å². The lowest BCUT2D eigenvalue weighted by Gasteiger charge is -2.12. The van der Waals surface area contributed by atoms with Crippen LogP contribution in [0.15, 0.2) is 23.1 Å². The van der Waals surface area contributed by atoms with Crippen molar-refractivity contribution in [1.29, 1.82) is 0 Å². The Morgan fingerprint density at radius 3 is 1.41 bits per heavy atom. The van der Waals surface area contributed by atoms with Gasteiger partial charge in [-0.2, -0.15) is 0 Å². The molecule has 1 rings (SSSR count). The fourth-order valence-electron chi connectivity index (χ4n) is 0.931. The zero-order valence-electron chi connectivity index (χ0n) is 7.72. The smallest absolute Gasteiger partial charge is 0.406 e. The van der Waals surface area contributed by atoms with Crippen LogP contribution in [0.2, 0.25) is 0 Å². The summed E-state index contributed by atoms with van der Waals surface area (Å²) in [6.45, 7) is 0. The van der Waals surface area contributed by atoms with Gasteiger partial charge < -0.3 is 9.47 Å². The van der Waals surface area contributed by atoms with E-state index < -0.39 is 24.2 Å². The van der Waals surface area contributed by atoms with Crippen molar-refractivity contribution in [1.82, 2.24) is 0 Å². The number of halogens is 6. The summed E-state index contributed by atoms with van der Waals surface area (Å²) in [6.07, 6.45) is -10.0. The molecule has 0 aliphatic heterocycles. The summed E-state index contributed by atoms with van der Waals surface area (Å²) in [5.74, 6) is -1.74. The van der Waals surface area contributed by atoms with E-state index in [9.17, 15) is 26.3 Å². The molecule has 0 spiro atoms. The van der Waals surface area contributed by atoms with Crippen molar-refractivity contribution in [3.05, 3.63) is 18.2 Å². The molecule has 0 amide bonds. The third-order valence-corrected chi connectivity index (χ3v) is 1.56. The van der Waals surface area contributed by atoms with Crippen LogP contribution >= 0.6 is 12.6 Å². The van der Waals surface area contributed by atoms with Crippen LogP contribution < -0.4 is 9.47 Å². The number of hydrogen-bond donors (Lipinski definition) is 0. The highest BCUT2D eigenvalue weighted by molar-refractivity contribution is 7.80. The van der Waals surface area contributed by atoms with E-state index in [4.69, 9.17) is 0 Å². The highest BCUT2D eigenvalue weighted by Crippen LogP contribution is 2.32. The fourth-order valence-corrected chi connectivity index (χ4v) is 1.16. The minimum Gasteiger partial charge on any atom is -0.406 e.